The molecule has 3 amide bonds. The van der Waals surface area contributed by atoms with E-state index in [0.29, 0.717) is 122 Å². The number of allylic oxidation sites excluding steroid dienone is 7. The summed E-state index contributed by atoms with van der Waals surface area (Å²) in [7, 11) is -12.1. The van der Waals surface area contributed by atoms with Crippen LogP contribution >= 0.6 is 34.8 Å². The monoisotopic (exact) mass is 2050 g/mol. The Morgan fingerprint density at radius 1 is 0.447 bits per heavy atom. The van der Waals surface area contributed by atoms with E-state index in [2.05, 4.69) is 131 Å². The molecule has 6 aromatic rings. The van der Waals surface area contributed by atoms with Gasteiger partial charge in [0.15, 0.2) is 0 Å². The van der Waals surface area contributed by atoms with Crippen LogP contribution in [0.3, 0.4) is 0 Å². The van der Waals surface area contributed by atoms with E-state index in [0.717, 1.165) is 167 Å². The summed E-state index contributed by atoms with van der Waals surface area (Å²) in [5.41, 5.74) is 9.56. The molecule has 141 heavy (non-hydrogen) atoms. The molecule has 29 heteroatoms. The highest BCUT2D eigenvalue weighted by molar-refractivity contribution is 7.94. The minimum absolute atomic E-state index is 0.00440. The minimum atomic E-state index is -4.05. The number of unbranched alkanes of at least 4 members (excludes halogenated alkanes) is 3. The van der Waals surface area contributed by atoms with Crippen LogP contribution in [0.25, 0.3) is 0 Å². The number of sulfonamides is 3. The lowest BCUT2D eigenvalue weighted by atomic mass is 9.68. The lowest BCUT2D eigenvalue weighted by Crippen LogP contribution is -2.49. The third kappa shape index (κ3) is 27.1. The molecule has 15 rings (SSSR count). The maximum Gasteiger partial charge on any atom is 0.265 e. The Balaban J connectivity index is 0.000000178. The second-order valence-corrected chi connectivity index (χ2v) is 47.1. The van der Waals surface area contributed by atoms with Gasteiger partial charge in [-0.15, -0.1) is 19.7 Å². The van der Waals surface area contributed by atoms with Crippen LogP contribution in [0.2, 0.25) is 15.1 Å². The smallest absolute Gasteiger partial charge is 0.265 e. The molecular weight excluding hydrogens is 1900 g/mol. The number of fused-ring (bicyclic) bond motifs is 9. The van der Waals surface area contributed by atoms with E-state index >= 15 is 0 Å². The van der Waals surface area contributed by atoms with Gasteiger partial charge < -0.3 is 53.7 Å². The van der Waals surface area contributed by atoms with E-state index in [4.69, 9.17) is 58.5 Å². The molecule has 0 radical (unpaired) electrons. The molecule has 23 nitrogen and oxygen atoms in total. The maximum atomic E-state index is 13.6. The van der Waals surface area contributed by atoms with Gasteiger partial charge in [0.25, 0.3) is 27.7 Å². The van der Waals surface area contributed by atoms with Crippen molar-refractivity contribution < 1.29 is 78.6 Å². The summed E-state index contributed by atoms with van der Waals surface area (Å²) in [5, 5.41) is 33.5. The summed E-state index contributed by atoms with van der Waals surface area (Å²) in [6.07, 6.45) is 38.2. The van der Waals surface area contributed by atoms with Gasteiger partial charge in [0, 0.05) is 100 Å². The second-order valence-electron chi connectivity index (χ2n) is 40.0. The molecule has 0 bridgehead atoms. The number of anilines is 3. The van der Waals surface area contributed by atoms with Gasteiger partial charge in [-0.3, -0.25) is 14.4 Å². The van der Waals surface area contributed by atoms with Crippen LogP contribution in [0.15, 0.2) is 195 Å². The van der Waals surface area contributed by atoms with Crippen LogP contribution in [0.4, 0.5) is 17.1 Å². The zero-order valence-corrected chi connectivity index (χ0v) is 87.5. The molecule has 3 aliphatic heterocycles. The Morgan fingerprint density at radius 3 is 1.06 bits per heavy atom. The Morgan fingerprint density at radius 2 is 0.766 bits per heavy atom. The fourth-order valence-corrected chi connectivity index (χ4v) is 26.0. The van der Waals surface area contributed by atoms with Crippen molar-refractivity contribution in [1.29, 1.82) is 0 Å². The maximum absolute atomic E-state index is 13.6. The standard InChI is InChI=1S/2C38H51ClN2O6S.C36H45ClN2O5S/c2*1-4-7-9-13-35(42)32-17-14-29(32)23-41-25-38(20-10-11-27-21-30(39)16-18-33(27)38)26-47-36-19-15-28(22-34(36)41)37(43)40-48(44,45)31(12-8-5-2)24-46-6-3;1-4-6-8-12-33(40)30-16-13-28(30)22-39-23-36(19-9-11-26-20-29(37)15-17-31(26)36)24-44-34-18-14-27(21-32(34)39)35(41)38-45(42,43)25(3)10-7-5-2/h2*5,9,13,15-16,18-19,21-22,29,31-32,35,42H,2,4,6-8,10-12,14,17,20,23-26H2,1,3H3,(H,40,43);5,8,12,14-15,17-18,20-21,28,30,33,40H,2-4,6-7,9-11,13,16,19,22-24H2,1H3,(H,38,41)/b2*13-9+;12-8+/t29-,31+,32+,35-,38-;29-,31-,32+,35-,38-;28-,30+,33-,36-/m000/s1. The molecule has 3 spiro atoms. The topological polar surface area (TPSA) is 306 Å². The molecule has 6 aliphatic carbocycles. The summed E-state index contributed by atoms with van der Waals surface area (Å²) in [4.78, 5) is 47.3. The highest BCUT2D eigenvalue weighted by Gasteiger charge is 2.50. The van der Waals surface area contributed by atoms with E-state index in [1.54, 1.807) is 86.7 Å². The summed E-state index contributed by atoms with van der Waals surface area (Å²) in [6, 6.07) is 33.9. The van der Waals surface area contributed by atoms with Crippen LogP contribution in [-0.4, -0.2) is 173 Å². The number of carbonyl (C=O) groups excluding carboxylic acids is 3. The number of amides is 3. The van der Waals surface area contributed by atoms with Crippen LogP contribution in [0.5, 0.6) is 17.2 Å². The van der Waals surface area contributed by atoms with Gasteiger partial charge in [0.2, 0.25) is 20.0 Å². The average Bonchev–Trinajstić information content (AvgIpc) is 1.62. The van der Waals surface area contributed by atoms with Crippen molar-refractivity contribution >= 4 is 99.7 Å². The molecule has 766 valence electrons. The average molecular weight is 2050 g/mol. The van der Waals surface area contributed by atoms with Crippen molar-refractivity contribution in [3.8, 4) is 17.2 Å². The Kier molecular flexibility index (Phi) is 39.1. The largest absolute Gasteiger partial charge is 0.490 e. The first-order valence-corrected chi connectivity index (χ1v) is 56.8. The van der Waals surface area contributed by atoms with Crippen molar-refractivity contribution in [1.82, 2.24) is 14.2 Å². The molecule has 6 N–H and O–H groups in total. The van der Waals surface area contributed by atoms with Gasteiger partial charge in [0.05, 0.1) is 73.3 Å². The SMILES string of the molecule is C=CCCC(=C)S(=O)(=O)NC(=O)c1ccc2c(c1)N(C[C@@H]1CC[C@H]1[C@@H](O)/C=C/CCC)C[C@@]1(CCCc3cc(Cl)ccc31)CO2.C=CCC[C@@H](COCC)S(=O)(=O)NC(=O)c1ccc2c(c1)N(C[C@@H]1CC[C@H]1[C@@H](O)/C=C/CCC)C[C@@]1(CCCc3cc(Cl)ccc31)CO2.C=CCC[C@H](COCC)S(=O)(=O)NC(=O)c1ccc2c(c1)N(C[C@@H]1CC[C@H]1[C@@H](O)/C=C/CCC)C[C@@]1(CCCc3cc(Cl)ccc31)CO2. The number of aliphatic hydroxyl groups is 3. The first kappa shape index (κ1) is 109. The number of hydrogen-bond acceptors (Lipinski definition) is 20. The number of halogens is 3. The van der Waals surface area contributed by atoms with Crippen molar-refractivity contribution in [2.24, 2.45) is 35.5 Å². The summed E-state index contributed by atoms with van der Waals surface area (Å²) >= 11 is 19.2. The number of ether oxygens (including phenoxy) is 5. The zero-order valence-electron chi connectivity index (χ0n) is 82.8. The quantitative estimate of drug-likeness (QED) is 0.0194. The number of aryl methyl sites for hydroxylation is 3. The fourth-order valence-electron chi connectivity index (χ4n) is 22.0. The summed E-state index contributed by atoms with van der Waals surface area (Å²) < 4.78 is 116. The molecule has 14 atom stereocenters. The molecule has 3 saturated carbocycles. The van der Waals surface area contributed by atoms with Crippen LogP contribution in [-0.2, 0) is 75.1 Å². The molecule has 0 aromatic heterocycles. The van der Waals surface area contributed by atoms with Gasteiger partial charge in [0.1, 0.15) is 27.7 Å². The van der Waals surface area contributed by atoms with Gasteiger partial charge in [-0.25, -0.2) is 39.4 Å². The number of aliphatic hydroxyl groups excluding tert-OH is 3. The lowest BCUT2D eigenvalue weighted by Gasteiger charge is -2.45. The number of nitrogens with one attached hydrogen (secondary N) is 3. The van der Waals surface area contributed by atoms with Crippen molar-refractivity contribution in [2.75, 3.05) is 100 Å². The van der Waals surface area contributed by atoms with E-state index in [1.807, 2.05) is 36.4 Å². The molecule has 9 aliphatic rings. The number of rotatable bonds is 42. The van der Waals surface area contributed by atoms with E-state index in [-0.39, 0.29) is 93.0 Å². The van der Waals surface area contributed by atoms with Crippen LogP contribution in [0, 0.1) is 35.5 Å². The predicted molar refractivity (Wildman–Crippen MR) is 567 cm³/mol. The number of carbonyl (C=O) groups is 3. The Hall–Kier alpha value is -8.77. The predicted octanol–water partition coefficient (Wildman–Crippen LogP) is 21.1. The Bertz CT molecular complexity index is 5600. The molecule has 0 saturated heterocycles. The van der Waals surface area contributed by atoms with Crippen molar-refractivity contribution in [2.45, 2.75) is 253 Å². The van der Waals surface area contributed by atoms with Crippen molar-refractivity contribution in [3.05, 3.63) is 260 Å². The third-order valence-corrected chi connectivity index (χ3v) is 35.9. The number of benzene rings is 6. The molecular formula is C112H147Cl3N6O17S3. The first-order valence-electron chi connectivity index (χ1n) is 51.1. The Labute approximate surface area is 852 Å². The van der Waals surface area contributed by atoms with Gasteiger partial charge >= 0.3 is 0 Å². The van der Waals surface area contributed by atoms with E-state index in [1.165, 1.54) is 33.4 Å². The van der Waals surface area contributed by atoms with Gasteiger partial charge in [-0.05, 0) is 328 Å². The minimum Gasteiger partial charge on any atom is -0.490 e. The lowest BCUT2D eigenvalue weighted by molar-refractivity contribution is 0.0454. The number of hydrogen-bond donors (Lipinski definition) is 6. The van der Waals surface area contributed by atoms with E-state index in [9.17, 15) is 55.0 Å². The molecule has 6 aromatic carbocycles. The van der Waals surface area contributed by atoms with Gasteiger partial charge in [-0.2, -0.15) is 0 Å². The molecule has 0 unspecified atom stereocenters. The normalized spacial score (nSPS) is 23.4. The third-order valence-electron chi connectivity index (χ3n) is 30.4. The molecule has 3 heterocycles. The molecule has 3 fully saturated rings. The van der Waals surface area contributed by atoms with Gasteiger partial charge in [-0.1, -0.05) is 154 Å². The van der Waals surface area contributed by atoms with E-state index < -0.39 is 76.6 Å². The summed E-state index contributed by atoms with van der Waals surface area (Å²) in [6.45, 7) is 30.9. The second kappa shape index (κ2) is 50.4. The highest BCUT2D eigenvalue weighted by atomic mass is 35.5. The highest BCUT2D eigenvalue weighted by Crippen LogP contribution is 2.52. The first-order chi connectivity index (χ1) is 67.8. The fraction of sp³-hybridized carbons (Fsp3) is 0.527. The number of nitrogens with zero attached hydrogens (tertiary/aromatic N) is 3. The zero-order chi connectivity index (χ0) is 101. The van der Waals surface area contributed by atoms with Crippen molar-refractivity contribution in [3.63, 3.8) is 0 Å². The van der Waals surface area contributed by atoms with Crippen LogP contribution < -0.4 is 43.1 Å². The van der Waals surface area contributed by atoms with Crippen LogP contribution in [0.1, 0.15) is 253 Å². The summed E-state index contributed by atoms with van der Waals surface area (Å²) in [5.74, 6) is 1.09.